The van der Waals surface area contributed by atoms with Crippen LogP contribution in [-0.4, -0.2) is 31.7 Å². The lowest BCUT2D eigenvalue weighted by atomic mass is 10.1. The van der Waals surface area contributed by atoms with Crippen LogP contribution in [0.15, 0.2) is 4.90 Å². The van der Waals surface area contributed by atoms with Gasteiger partial charge in [-0.25, -0.2) is 13.1 Å². The first-order valence-corrected chi connectivity index (χ1v) is 7.48. The average molecular weight is 274 g/mol. The number of rotatable bonds is 6. The predicted molar refractivity (Wildman–Crippen MR) is 70.7 cm³/mol. The molecular weight excluding hydrogens is 252 g/mol. The van der Waals surface area contributed by atoms with E-state index in [0.717, 1.165) is 0 Å². The summed E-state index contributed by atoms with van der Waals surface area (Å²) in [5, 5.41) is 9.65. The van der Waals surface area contributed by atoms with E-state index in [1.54, 1.807) is 14.0 Å². The molecule has 0 radical (unpaired) electrons. The molecule has 7 heteroatoms. The van der Waals surface area contributed by atoms with Crippen LogP contribution in [0, 0.1) is 12.8 Å². The number of nitrogens with one attached hydrogen (secondary N) is 3. The van der Waals surface area contributed by atoms with Gasteiger partial charge in [0.05, 0.1) is 11.4 Å². The molecule has 0 saturated heterocycles. The molecule has 0 amide bonds. The Morgan fingerprint density at radius 1 is 1.33 bits per heavy atom. The Balaban J connectivity index is 3.08. The van der Waals surface area contributed by atoms with Gasteiger partial charge in [0.15, 0.2) is 0 Å². The van der Waals surface area contributed by atoms with Gasteiger partial charge in [0.1, 0.15) is 4.90 Å². The van der Waals surface area contributed by atoms with E-state index in [1.807, 2.05) is 20.8 Å². The zero-order valence-corrected chi connectivity index (χ0v) is 12.4. The van der Waals surface area contributed by atoms with Crippen LogP contribution >= 0.6 is 0 Å². The summed E-state index contributed by atoms with van der Waals surface area (Å²) < 4.78 is 27.3. The summed E-state index contributed by atoms with van der Waals surface area (Å²) in [6.45, 7) is 7.93. The number of sulfonamides is 1. The molecule has 0 aromatic carbocycles. The summed E-state index contributed by atoms with van der Waals surface area (Å²) in [7, 11) is -1.77. The Morgan fingerprint density at radius 2 is 1.94 bits per heavy atom. The molecule has 18 heavy (non-hydrogen) atoms. The largest absolute Gasteiger partial charge is 0.314 e. The van der Waals surface area contributed by atoms with Gasteiger partial charge < -0.3 is 5.32 Å². The minimum absolute atomic E-state index is 0.119. The number of hydrogen-bond donors (Lipinski definition) is 3. The Bertz CT molecular complexity index is 493. The Labute approximate surface area is 109 Å². The number of hydrogen-bond acceptors (Lipinski definition) is 4. The molecule has 0 fully saturated rings. The van der Waals surface area contributed by atoms with Gasteiger partial charge in [-0.1, -0.05) is 13.8 Å². The minimum atomic E-state index is -3.53. The lowest BCUT2D eigenvalue weighted by Gasteiger charge is -2.17. The van der Waals surface area contributed by atoms with Gasteiger partial charge in [-0.2, -0.15) is 5.10 Å². The first-order valence-electron chi connectivity index (χ1n) is 6.00. The van der Waals surface area contributed by atoms with Crippen molar-refractivity contribution in [3.05, 3.63) is 11.4 Å². The second kappa shape index (κ2) is 5.81. The third kappa shape index (κ3) is 3.30. The van der Waals surface area contributed by atoms with Gasteiger partial charge in [-0.15, -0.1) is 0 Å². The number of nitrogens with zero attached hydrogens (tertiary/aromatic N) is 1. The fraction of sp³-hybridized carbons (Fsp3) is 0.727. The molecule has 104 valence electrons. The van der Waals surface area contributed by atoms with Crippen molar-refractivity contribution in [3.8, 4) is 0 Å². The van der Waals surface area contributed by atoms with Crippen LogP contribution in [0.4, 0.5) is 0 Å². The molecule has 1 heterocycles. The van der Waals surface area contributed by atoms with Crippen molar-refractivity contribution < 1.29 is 8.42 Å². The van der Waals surface area contributed by atoms with Crippen molar-refractivity contribution in [2.24, 2.45) is 5.92 Å². The van der Waals surface area contributed by atoms with Crippen molar-refractivity contribution in [1.82, 2.24) is 20.2 Å². The minimum Gasteiger partial charge on any atom is -0.314 e. The SMILES string of the molecule is CNCc1n[nH]c(C)c1S(=O)(=O)NC(C)C(C)C. The normalized spacial score (nSPS) is 14.1. The standard InChI is InChI=1S/C11H22N4O2S/c1-7(2)8(3)15-18(16,17)11-9(4)13-14-10(11)6-12-5/h7-8,12,15H,6H2,1-5H3,(H,13,14). The molecule has 1 aromatic heterocycles. The summed E-state index contributed by atoms with van der Waals surface area (Å²) in [6, 6.07) is -0.119. The van der Waals surface area contributed by atoms with Crippen molar-refractivity contribution >= 4 is 10.0 Å². The maximum atomic E-state index is 12.3. The molecule has 0 bridgehead atoms. The Hall–Kier alpha value is -0.920. The van der Waals surface area contributed by atoms with Crippen LogP contribution in [0.5, 0.6) is 0 Å². The highest BCUT2D eigenvalue weighted by Crippen LogP contribution is 2.18. The molecule has 1 aromatic rings. The first-order chi connectivity index (χ1) is 8.29. The van der Waals surface area contributed by atoms with Crippen LogP contribution in [0.2, 0.25) is 0 Å². The molecule has 3 N–H and O–H groups in total. The van der Waals surface area contributed by atoms with Crippen molar-refractivity contribution in [3.63, 3.8) is 0 Å². The lowest BCUT2D eigenvalue weighted by Crippen LogP contribution is -2.36. The maximum absolute atomic E-state index is 12.3. The maximum Gasteiger partial charge on any atom is 0.244 e. The van der Waals surface area contributed by atoms with E-state index in [0.29, 0.717) is 17.9 Å². The summed E-state index contributed by atoms with van der Waals surface area (Å²) in [6.07, 6.45) is 0. The second-order valence-corrected chi connectivity index (χ2v) is 6.46. The van der Waals surface area contributed by atoms with Gasteiger partial charge >= 0.3 is 0 Å². The highest BCUT2D eigenvalue weighted by Gasteiger charge is 2.26. The van der Waals surface area contributed by atoms with Gasteiger partial charge in [0.2, 0.25) is 10.0 Å². The van der Waals surface area contributed by atoms with E-state index in [9.17, 15) is 8.42 Å². The fourth-order valence-corrected chi connectivity index (χ4v) is 3.31. The van der Waals surface area contributed by atoms with Crippen LogP contribution in [0.3, 0.4) is 0 Å². The van der Waals surface area contributed by atoms with Gasteiger partial charge in [0, 0.05) is 12.6 Å². The van der Waals surface area contributed by atoms with Crippen LogP contribution in [0.25, 0.3) is 0 Å². The summed E-state index contributed by atoms with van der Waals surface area (Å²) in [4.78, 5) is 0.254. The molecule has 1 rings (SSSR count). The molecule has 1 unspecified atom stereocenters. The average Bonchev–Trinajstić information content (AvgIpc) is 2.60. The quantitative estimate of drug-likeness (QED) is 0.715. The fourth-order valence-electron chi connectivity index (χ4n) is 1.55. The first kappa shape index (κ1) is 15.1. The highest BCUT2D eigenvalue weighted by molar-refractivity contribution is 7.89. The molecule has 1 atom stereocenters. The smallest absolute Gasteiger partial charge is 0.244 e. The molecule has 0 aliphatic rings. The molecule has 0 aliphatic heterocycles. The summed E-state index contributed by atoms with van der Waals surface area (Å²) >= 11 is 0. The van der Waals surface area contributed by atoms with Crippen molar-refractivity contribution in [2.75, 3.05) is 7.05 Å². The number of aryl methyl sites for hydroxylation is 1. The third-order valence-electron chi connectivity index (χ3n) is 2.92. The zero-order chi connectivity index (χ0) is 13.9. The zero-order valence-electron chi connectivity index (χ0n) is 11.5. The summed E-state index contributed by atoms with van der Waals surface area (Å²) in [5.41, 5.74) is 1.07. The lowest BCUT2D eigenvalue weighted by molar-refractivity contribution is 0.476. The molecule has 0 aliphatic carbocycles. The van der Waals surface area contributed by atoms with Gasteiger partial charge in [-0.05, 0) is 26.8 Å². The van der Waals surface area contributed by atoms with Gasteiger partial charge in [-0.3, -0.25) is 5.10 Å². The van der Waals surface area contributed by atoms with Crippen LogP contribution in [0.1, 0.15) is 32.2 Å². The number of aromatic amines is 1. The van der Waals surface area contributed by atoms with Gasteiger partial charge in [0.25, 0.3) is 0 Å². The van der Waals surface area contributed by atoms with E-state index in [2.05, 4.69) is 20.2 Å². The monoisotopic (exact) mass is 274 g/mol. The molecule has 6 nitrogen and oxygen atoms in total. The topological polar surface area (TPSA) is 86.9 Å². The number of aromatic nitrogens is 2. The second-order valence-electron chi connectivity index (χ2n) is 4.81. The van der Waals surface area contributed by atoms with E-state index in [4.69, 9.17) is 0 Å². The van der Waals surface area contributed by atoms with Crippen LogP contribution in [-0.2, 0) is 16.6 Å². The predicted octanol–water partition coefficient (Wildman–Crippen LogP) is 0.760. The molecular formula is C11H22N4O2S. The van der Waals surface area contributed by atoms with Crippen LogP contribution < -0.4 is 10.0 Å². The van der Waals surface area contributed by atoms with Crippen molar-refractivity contribution in [2.45, 2.75) is 45.2 Å². The molecule has 0 saturated carbocycles. The van der Waals surface area contributed by atoms with Crippen molar-refractivity contribution in [1.29, 1.82) is 0 Å². The van der Waals surface area contributed by atoms with E-state index in [-0.39, 0.29) is 16.9 Å². The van der Waals surface area contributed by atoms with E-state index < -0.39 is 10.0 Å². The molecule has 0 spiro atoms. The van der Waals surface area contributed by atoms with E-state index in [1.165, 1.54) is 0 Å². The van der Waals surface area contributed by atoms with E-state index >= 15 is 0 Å². The third-order valence-corrected chi connectivity index (χ3v) is 4.68. The number of H-pyrrole nitrogens is 1. The Kier molecular flexibility index (Phi) is 4.89. The highest BCUT2D eigenvalue weighted by atomic mass is 32.2. The summed E-state index contributed by atoms with van der Waals surface area (Å²) in [5.74, 6) is 0.236. The Morgan fingerprint density at radius 3 is 2.44 bits per heavy atom.